The number of fused-ring (bicyclic) bond motifs is 3. The molecule has 2 bridgehead atoms. The third-order valence-electron chi connectivity index (χ3n) is 15.9. The zero-order valence-corrected chi connectivity index (χ0v) is 45.3. The van der Waals surface area contributed by atoms with Crippen molar-refractivity contribution in [2.24, 2.45) is 40.9 Å². The highest BCUT2D eigenvalue weighted by Gasteiger charge is 2.53. The lowest BCUT2D eigenvalue weighted by molar-refractivity contribution is -0.265. The maximum Gasteiger partial charge on any atom is 0.329 e. The van der Waals surface area contributed by atoms with Crippen LogP contribution >= 0.6 is 0 Å². The summed E-state index contributed by atoms with van der Waals surface area (Å²) in [6, 6.07) is -1.20. The Morgan fingerprint density at radius 3 is 2.21 bits per heavy atom. The van der Waals surface area contributed by atoms with Crippen molar-refractivity contribution in [2.45, 2.75) is 187 Å². The van der Waals surface area contributed by atoms with Gasteiger partial charge >= 0.3 is 11.9 Å². The zero-order chi connectivity index (χ0) is 54.4. The summed E-state index contributed by atoms with van der Waals surface area (Å²) < 4.78 is 35.4. The van der Waals surface area contributed by atoms with E-state index in [1.54, 1.807) is 40.9 Å². The summed E-state index contributed by atoms with van der Waals surface area (Å²) in [6.45, 7) is 12.7. The second-order valence-corrected chi connectivity index (χ2v) is 21.8. The molecule has 15 atom stereocenters. The van der Waals surface area contributed by atoms with Gasteiger partial charge in [0.15, 0.2) is 5.78 Å². The molecule has 0 aromatic carbocycles. The monoisotopic (exact) mass is 1030 g/mol. The number of esters is 2. The number of amides is 1. The number of aliphatic hydroxyl groups excluding tert-OH is 3. The van der Waals surface area contributed by atoms with Gasteiger partial charge in [-0.25, -0.2) is 4.79 Å². The molecule has 3 fully saturated rings. The van der Waals surface area contributed by atoms with Crippen molar-refractivity contribution in [1.29, 1.82) is 0 Å². The molecule has 4 aliphatic rings. The molecule has 412 valence electrons. The number of carbonyl (C=O) groups is 6. The van der Waals surface area contributed by atoms with Crippen LogP contribution in [0.25, 0.3) is 0 Å². The van der Waals surface area contributed by atoms with E-state index in [1.165, 1.54) is 21.1 Å². The minimum absolute atomic E-state index is 0.00697. The number of allylic oxidation sites excluding steroid dienone is 6. The summed E-state index contributed by atoms with van der Waals surface area (Å²) in [6.07, 6.45) is 9.76. The number of hydrogen-bond acceptors (Lipinski definition) is 16. The van der Waals surface area contributed by atoms with E-state index in [-0.39, 0.29) is 42.8 Å². The molecule has 2 saturated heterocycles. The first kappa shape index (κ1) is 61.6. The van der Waals surface area contributed by atoms with Crippen molar-refractivity contribution >= 4 is 35.2 Å². The Hall–Kier alpha value is -3.94. The zero-order valence-electron chi connectivity index (χ0n) is 45.3. The topological polar surface area (TPSA) is 242 Å². The summed E-state index contributed by atoms with van der Waals surface area (Å²) in [4.78, 5) is 85.4. The number of ether oxygens (including phenoxy) is 6. The van der Waals surface area contributed by atoms with E-state index >= 15 is 0 Å². The number of ketones is 3. The molecule has 73 heavy (non-hydrogen) atoms. The van der Waals surface area contributed by atoms with Gasteiger partial charge in [0.1, 0.15) is 41.7 Å². The van der Waals surface area contributed by atoms with Gasteiger partial charge in [0.05, 0.1) is 31.5 Å². The lowest BCUT2D eigenvalue weighted by atomic mass is 9.78. The molecule has 3 aliphatic heterocycles. The Morgan fingerprint density at radius 2 is 1.56 bits per heavy atom. The molecule has 0 radical (unpaired) electrons. The van der Waals surface area contributed by atoms with Crippen LogP contribution in [-0.4, -0.2) is 156 Å². The molecule has 0 unspecified atom stereocenters. The number of methoxy groups -OCH3 is 3. The predicted molar refractivity (Wildman–Crippen MR) is 271 cm³/mol. The van der Waals surface area contributed by atoms with Gasteiger partial charge in [-0.1, -0.05) is 71.1 Å². The van der Waals surface area contributed by atoms with Crippen LogP contribution < -0.4 is 0 Å². The lowest BCUT2D eigenvalue weighted by Gasteiger charge is -2.42. The Bertz CT molecular complexity index is 2010. The highest BCUT2D eigenvalue weighted by atomic mass is 16.6. The van der Waals surface area contributed by atoms with E-state index in [1.807, 2.05) is 51.2 Å². The fourth-order valence-corrected chi connectivity index (χ4v) is 10.7. The van der Waals surface area contributed by atoms with Crippen LogP contribution in [0.5, 0.6) is 0 Å². The van der Waals surface area contributed by atoms with E-state index in [4.69, 9.17) is 28.4 Å². The first-order valence-corrected chi connectivity index (χ1v) is 26.4. The largest absolute Gasteiger partial charge is 0.460 e. The number of cyclic esters (lactones) is 1. The smallest absolute Gasteiger partial charge is 0.329 e. The van der Waals surface area contributed by atoms with E-state index in [0.29, 0.717) is 69.8 Å². The van der Waals surface area contributed by atoms with Crippen molar-refractivity contribution < 1.29 is 77.6 Å². The van der Waals surface area contributed by atoms with Crippen LogP contribution in [0, 0.1) is 40.9 Å². The molecule has 1 saturated carbocycles. The summed E-state index contributed by atoms with van der Waals surface area (Å²) in [5.74, 6) is -9.36. The van der Waals surface area contributed by atoms with Gasteiger partial charge in [0.25, 0.3) is 11.7 Å². The van der Waals surface area contributed by atoms with Crippen LogP contribution in [0.15, 0.2) is 47.6 Å². The molecule has 4 rings (SSSR count). The van der Waals surface area contributed by atoms with Crippen molar-refractivity contribution in [2.75, 3.05) is 41.1 Å². The number of carbonyl (C=O) groups excluding carboxylic acids is 6. The second kappa shape index (κ2) is 28.3. The fourth-order valence-electron chi connectivity index (χ4n) is 10.7. The van der Waals surface area contributed by atoms with Gasteiger partial charge in [0.2, 0.25) is 5.79 Å². The highest BCUT2D eigenvalue weighted by Crippen LogP contribution is 2.38. The normalized spacial score (nSPS) is 37.4. The number of rotatable bonds is 10. The van der Waals surface area contributed by atoms with Crippen molar-refractivity contribution in [3.05, 3.63) is 47.6 Å². The molecule has 0 aromatic rings. The van der Waals surface area contributed by atoms with Gasteiger partial charge < -0.3 is 53.7 Å². The molecule has 0 aromatic heterocycles. The number of nitrogens with zero attached hydrogens (tertiary/aromatic N) is 1. The molecular formula is C56H87NO16. The molecule has 17 heteroatoms. The van der Waals surface area contributed by atoms with Crippen LogP contribution in [0.2, 0.25) is 0 Å². The molecule has 1 aliphatic carbocycles. The van der Waals surface area contributed by atoms with Crippen molar-refractivity contribution in [3.8, 4) is 0 Å². The summed E-state index contributed by atoms with van der Waals surface area (Å²) in [7, 11) is 4.43. The van der Waals surface area contributed by atoms with Gasteiger partial charge in [-0.05, 0) is 114 Å². The molecule has 0 spiro atoms. The summed E-state index contributed by atoms with van der Waals surface area (Å²) >= 11 is 0. The SMILES string of the molecule is CO[C@H]1C[C@H]2CC[C@@H](C)[C@@](O)(O2)C(=O)C(=O)N2CCCC[C@H]2C(=O)O[C@H]([C@H](C)C[C@@H]2CC[C@H](OC(=O)C(C)(CO)CO)[C@H](OC)C2)CC(=O)[C@H](C)/C=C(\C)[C@@H](O)[C@@H](OC)C(=O)[C@H](C)C[C@H](C)/C=C/C=C/C=C/1C. The van der Waals surface area contributed by atoms with E-state index in [2.05, 4.69) is 0 Å². The summed E-state index contributed by atoms with van der Waals surface area (Å²) in [5, 5.41) is 43.1. The van der Waals surface area contributed by atoms with E-state index in [9.17, 15) is 49.2 Å². The third kappa shape index (κ3) is 16.0. The maximum atomic E-state index is 14.5. The average Bonchev–Trinajstić information content (AvgIpc) is 3.37. The number of aliphatic hydroxyl groups is 4. The van der Waals surface area contributed by atoms with Crippen LogP contribution in [0.3, 0.4) is 0 Å². The molecule has 17 nitrogen and oxygen atoms in total. The lowest BCUT2D eigenvalue weighted by Crippen LogP contribution is -2.61. The molecule has 4 N–H and O–H groups in total. The van der Waals surface area contributed by atoms with Crippen LogP contribution in [-0.2, 0) is 57.2 Å². The predicted octanol–water partition coefficient (Wildman–Crippen LogP) is 5.72. The maximum absolute atomic E-state index is 14.5. The summed E-state index contributed by atoms with van der Waals surface area (Å²) in [5.41, 5.74) is -0.277. The minimum Gasteiger partial charge on any atom is -0.460 e. The van der Waals surface area contributed by atoms with E-state index < -0.39 is 120 Å². The standard InChI is InChI=1S/C56H87NO16/c1-33-17-13-12-14-18-34(2)45(68-9)29-41-22-20-39(7)56(67,73-41)51(63)52(64)57-24-16-15-19-42(57)53(65)71-46(30-43(60)35(3)26-38(6)49(62)50(70-11)48(61)37(5)25-33)36(4)27-40-21-23-44(47(28-40)69-10)72-54(66)55(8,31-58)32-59/h12-14,17-18,26,33,35-37,39-42,44-47,49-50,58-59,62,67H,15-16,19-25,27-32H2,1-11H3/b14-12+,17-13+,34-18+,38-26+/t33-,35-,36-,37-,39-,40+,41-,42+,44+,45+,46+,47-,49-,50+,56-/m1/s1. The Morgan fingerprint density at radius 1 is 0.863 bits per heavy atom. The second-order valence-electron chi connectivity index (χ2n) is 21.8. The van der Waals surface area contributed by atoms with Crippen LogP contribution in [0.1, 0.15) is 132 Å². The Kier molecular flexibility index (Phi) is 23.9. The fraction of sp³-hybridized carbons (Fsp3) is 0.750. The number of piperidine rings is 1. The Balaban J connectivity index is 1.69. The number of Topliss-reactive ketones (excluding diaryl/α,β-unsaturated/α-hetero) is 3. The van der Waals surface area contributed by atoms with Gasteiger partial charge in [-0.2, -0.15) is 0 Å². The van der Waals surface area contributed by atoms with Gasteiger partial charge in [0, 0.05) is 58.5 Å². The molecular weight excluding hydrogens is 943 g/mol. The molecule has 3 heterocycles. The van der Waals surface area contributed by atoms with Gasteiger partial charge in [-0.3, -0.25) is 24.0 Å². The highest BCUT2D eigenvalue weighted by molar-refractivity contribution is 6.39. The quantitative estimate of drug-likeness (QED) is 0.116. The third-order valence-corrected chi connectivity index (χ3v) is 15.9. The first-order valence-electron chi connectivity index (χ1n) is 26.4. The van der Waals surface area contributed by atoms with Crippen LogP contribution in [0.4, 0.5) is 0 Å². The minimum atomic E-state index is -2.47. The van der Waals surface area contributed by atoms with E-state index in [0.717, 1.165) is 10.5 Å². The van der Waals surface area contributed by atoms with Crippen molar-refractivity contribution in [3.63, 3.8) is 0 Å². The van der Waals surface area contributed by atoms with Crippen molar-refractivity contribution in [1.82, 2.24) is 4.90 Å². The first-order chi connectivity index (χ1) is 34.5. The number of hydrogen-bond donors (Lipinski definition) is 4. The average molecular weight is 1030 g/mol. The Labute approximate surface area is 433 Å². The molecule has 1 amide bonds. The van der Waals surface area contributed by atoms with Gasteiger partial charge in [-0.15, -0.1) is 0 Å².